The lowest BCUT2D eigenvalue weighted by Gasteiger charge is -2.15. The molecule has 1 atom stereocenters. The van der Waals surface area contributed by atoms with Gasteiger partial charge in [0.1, 0.15) is 11.6 Å². The third-order valence-electron chi connectivity index (χ3n) is 3.03. The van der Waals surface area contributed by atoms with Gasteiger partial charge in [0.05, 0.1) is 16.5 Å². The SMILES string of the molecule is CC(NS(=O)(=O)c1cccc(C#N)c1)c1ccc(F)cc1F. The maximum absolute atomic E-state index is 13.7. The molecule has 0 aromatic heterocycles. The molecule has 0 radical (unpaired) electrons. The Morgan fingerprint density at radius 2 is 1.91 bits per heavy atom. The Kier molecular flexibility index (Phi) is 4.54. The molecule has 0 heterocycles. The van der Waals surface area contributed by atoms with Gasteiger partial charge in [-0.3, -0.25) is 0 Å². The van der Waals surface area contributed by atoms with Gasteiger partial charge in [0.2, 0.25) is 10.0 Å². The lowest BCUT2D eigenvalue weighted by atomic mass is 10.1. The lowest BCUT2D eigenvalue weighted by molar-refractivity contribution is 0.540. The van der Waals surface area contributed by atoms with E-state index >= 15 is 0 Å². The quantitative estimate of drug-likeness (QED) is 0.941. The van der Waals surface area contributed by atoms with Crippen molar-refractivity contribution < 1.29 is 17.2 Å². The number of rotatable bonds is 4. The fraction of sp³-hybridized carbons (Fsp3) is 0.133. The molecule has 2 rings (SSSR count). The van der Waals surface area contributed by atoms with Crippen molar-refractivity contribution >= 4 is 10.0 Å². The molecular weight excluding hydrogens is 310 g/mol. The van der Waals surface area contributed by atoms with E-state index in [1.807, 2.05) is 6.07 Å². The zero-order valence-corrected chi connectivity index (χ0v) is 12.4. The van der Waals surface area contributed by atoms with Gasteiger partial charge in [0.25, 0.3) is 0 Å². The van der Waals surface area contributed by atoms with Gasteiger partial charge in [-0.2, -0.15) is 5.26 Å². The van der Waals surface area contributed by atoms with Gasteiger partial charge in [-0.05, 0) is 31.2 Å². The van der Waals surface area contributed by atoms with Crippen molar-refractivity contribution in [2.75, 3.05) is 0 Å². The average Bonchev–Trinajstić information content (AvgIpc) is 2.46. The number of halogens is 2. The molecule has 4 nitrogen and oxygen atoms in total. The van der Waals surface area contributed by atoms with Gasteiger partial charge in [0.15, 0.2) is 0 Å². The van der Waals surface area contributed by atoms with E-state index in [1.54, 1.807) is 0 Å². The second kappa shape index (κ2) is 6.22. The number of hydrogen-bond donors (Lipinski definition) is 1. The molecule has 0 saturated heterocycles. The molecule has 0 spiro atoms. The van der Waals surface area contributed by atoms with Crippen molar-refractivity contribution in [2.45, 2.75) is 17.9 Å². The Hall–Kier alpha value is -2.30. The molecular formula is C15H12F2N2O2S. The van der Waals surface area contributed by atoms with Gasteiger partial charge < -0.3 is 0 Å². The van der Waals surface area contributed by atoms with Crippen LogP contribution in [0.2, 0.25) is 0 Å². The summed E-state index contributed by atoms with van der Waals surface area (Å²) in [5, 5.41) is 8.80. The molecule has 22 heavy (non-hydrogen) atoms. The molecule has 0 aliphatic carbocycles. The van der Waals surface area contributed by atoms with Gasteiger partial charge in [-0.15, -0.1) is 0 Å². The van der Waals surface area contributed by atoms with Crippen molar-refractivity contribution in [2.24, 2.45) is 0 Å². The highest BCUT2D eigenvalue weighted by atomic mass is 32.2. The summed E-state index contributed by atoms with van der Waals surface area (Å²) in [7, 11) is -3.93. The normalized spacial score (nSPS) is 12.6. The van der Waals surface area contributed by atoms with Crippen LogP contribution in [-0.2, 0) is 10.0 Å². The minimum Gasteiger partial charge on any atom is -0.207 e. The first-order valence-electron chi connectivity index (χ1n) is 6.31. The van der Waals surface area contributed by atoms with Crippen molar-refractivity contribution in [3.05, 3.63) is 65.2 Å². The van der Waals surface area contributed by atoms with E-state index in [9.17, 15) is 17.2 Å². The molecule has 7 heteroatoms. The first kappa shape index (κ1) is 16.1. The fourth-order valence-electron chi connectivity index (χ4n) is 1.95. The topological polar surface area (TPSA) is 70.0 Å². The summed E-state index contributed by atoms with van der Waals surface area (Å²) in [6, 6.07) is 9.35. The second-order valence-corrected chi connectivity index (χ2v) is 6.36. The summed E-state index contributed by atoms with van der Waals surface area (Å²) in [6.45, 7) is 1.45. The van der Waals surface area contributed by atoms with Crippen molar-refractivity contribution in [1.82, 2.24) is 4.72 Å². The maximum atomic E-state index is 13.7. The molecule has 0 aliphatic rings. The van der Waals surface area contributed by atoms with Crippen LogP contribution in [0.3, 0.4) is 0 Å². The predicted octanol–water partition coefficient (Wildman–Crippen LogP) is 2.88. The predicted molar refractivity (Wildman–Crippen MR) is 76.3 cm³/mol. The number of nitriles is 1. The zero-order chi connectivity index (χ0) is 16.3. The van der Waals surface area contributed by atoms with Crippen LogP contribution >= 0.6 is 0 Å². The standard InChI is InChI=1S/C15H12F2N2O2S/c1-10(14-6-5-12(16)8-15(14)17)19-22(20,21)13-4-2-3-11(7-13)9-18/h2-8,10,19H,1H3. The van der Waals surface area contributed by atoms with Crippen molar-refractivity contribution in [1.29, 1.82) is 5.26 Å². The van der Waals surface area contributed by atoms with Crippen LogP contribution in [0.25, 0.3) is 0 Å². The molecule has 2 aromatic carbocycles. The van der Waals surface area contributed by atoms with Gasteiger partial charge in [-0.25, -0.2) is 21.9 Å². The number of hydrogen-bond acceptors (Lipinski definition) is 3. The van der Waals surface area contributed by atoms with E-state index in [0.717, 1.165) is 6.07 Å². The Labute approximate surface area is 127 Å². The van der Waals surface area contributed by atoms with E-state index in [2.05, 4.69) is 4.72 Å². The zero-order valence-electron chi connectivity index (χ0n) is 11.5. The fourth-order valence-corrected chi connectivity index (χ4v) is 3.22. The van der Waals surface area contributed by atoms with Gasteiger partial charge in [-0.1, -0.05) is 12.1 Å². The van der Waals surface area contributed by atoms with Crippen LogP contribution in [-0.4, -0.2) is 8.42 Å². The van der Waals surface area contributed by atoms with E-state index in [1.165, 1.54) is 37.3 Å². The third kappa shape index (κ3) is 3.47. The summed E-state index contributed by atoms with van der Waals surface area (Å²) < 4.78 is 53.4. The Bertz CT molecular complexity index is 845. The molecule has 1 N–H and O–H groups in total. The molecule has 2 aromatic rings. The van der Waals surface area contributed by atoms with Crippen LogP contribution in [0, 0.1) is 23.0 Å². The van der Waals surface area contributed by atoms with Crippen LogP contribution in [0.4, 0.5) is 8.78 Å². The van der Waals surface area contributed by atoms with E-state index in [4.69, 9.17) is 5.26 Å². The first-order chi connectivity index (χ1) is 10.3. The summed E-state index contributed by atoms with van der Waals surface area (Å²) >= 11 is 0. The molecule has 1 unspecified atom stereocenters. The molecule has 0 fully saturated rings. The summed E-state index contributed by atoms with van der Waals surface area (Å²) in [4.78, 5) is -0.0964. The van der Waals surface area contributed by atoms with Crippen LogP contribution < -0.4 is 4.72 Å². The summed E-state index contributed by atoms with van der Waals surface area (Å²) in [5.41, 5.74) is 0.227. The highest BCUT2D eigenvalue weighted by Crippen LogP contribution is 2.20. The number of nitrogens with zero attached hydrogens (tertiary/aromatic N) is 1. The minimum absolute atomic E-state index is 0.0291. The van der Waals surface area contributed by atoms with Crippen LogP contribution in [0.1, 0.15) is 24.1 Å². The Morgan fingerprint density at radius 1 is 1.18 bits per heavy atom. The smallest absolute Gasteiger partial charge is 0.207 e. The maximum Gasteiger partial charge on any atom is 0.241 e. The van der Waals surface area contributed by atoms with Crippen molar-refractivity contribution in [3.63, 3.8) is 0 Å². The Balaban J connectivity index is 2.30. The van der Waals surface area contributed by atoms with Crippen LogP contribution in [0.15, 0.2) is 47.4 Å². The van der Waals surface area contributed by atoms with Crippen molar-refractivity contribution in [3.8, 4) is 6.07 Å². The monoisotopic (exact) mass is 322 g/mol. The summed E-state index contributed by atoms with van der Waals surface area (Å²) in [5.74, 6) is -1.57. The largest absolute Gasteiger partial charge is 0.241 e. The molecule has 0 saturated carbocycles. The average molecular weight is 322 g/mol. The molecule has 114 valence electrons. The first-order valence-corrected chi connectivity index (χ1v) is 7.79. The minimum atomic E-state index is -3.93. The highest BCUT2D eigenvalue weighted by Gasteiger charge is 2.20. The second-order valence-electron chi connectivity index (χ2n) is 4.65. The van der Waals surface area contributed by atoms with E-state index < -0.39 is 27.7 Å². The van der Waals surface area contributed by atoms with E-state index in [-0.39, 0.29) is 16.0 Å². The molecule has 0 bridgehead atoms. The number of sulfonamides is 1. The Morgan fingerprint density at radius 3 is 2.55 bits per heavy atom. The lowest BCUT2D eigenvalue weighted by Crippen LogP contribution is -2.27. The van der Waals surface area contributed by atoms with E-state index in [0.29, 0.717) is 6.07 Å². The number of nitrogens with one attached hydrogen (secondary N) is 1. The third-order valence-corrected chi connectivity index (χ3v) is 4.57. The molecule has 0 amide bonds. The molecule has 0 aliphatic heterocycles. The van der Waals surface area contributed by atoms with Gasteiger partial charge in [0, 0.05) is 17.7 Å². The summed E-state index contributed by atoms with van der Waals surface area (Å²) in [6.07, 6.45) is 0. The van der Waals surface area contributed by atoms with Crippen LogP contribution in [0.5, 0.6) is 0 Å². The highest BCUT2D eigenvalue weighted by molar-refractivity contribution is 7.89. The number of benzene rings is 2. The van der Waals surface area contributed by atoms with Gasteiger partial charge >= 0.3 is 0 Å².